The summed E-state index contributed by atoms with van der Waals surface area (Å²) in [5.41, 5.74) is 4.27. The fourth-order valence-corrected chi connectivity index (χ4v) is 4.41. The molecular weight excluding hydrogens is 448 g/mol. The largest absolute Gasteiger partial charge is 0.444 e. The third-order valence-corrected chi connectivity index (χ3v) is 5.87. The normalized spacial score (nSPS) is 15.0. The first-order valence-corrected chi connectivity index (χ1v) is 11.1. The number of carbonyl (C=O) groups is 1. The van der Waals surface area contributed by atoms with Crippen LogP contribution in [-0.4, -0.2) is 30.4 Å². The summed E-state index contributed by atoms with van der Waals surface area (Å²) in [5, 5.41) is 12.5. The van der Waals surface area contributed by atoms with E-state index in [1.165, 1.54) is 25.3 Å². The van der Waals surface area contributed by atoms with Crippen LogP contribution in [0.15, 0.2) is 30.6 Å². The molecular formula is C24H29F2N3O3S. The standard InChI is InChI=1S/C24H29F2N3O3S/c1-13(28)10-24(6,31-7)11-18(26)14(2)15-8-9-17(25)20-19(15)16(12-27)21(33-20)29-22(30)32-23(3,4)5/h8-9,11,13H,2,10,28H2,1,3-7H3,(H,29,30)/b18-11+. The number of nitrogens with two attached hydrogens (primary N) is 1. The first kappa shape index (κ1) is 26.5. The van der Waals surface area contributed by atoms with Gasteiger partial charge in [0.2, 0.25) is 0 Å². The van der Waals surface area contributed by atoms with Crippen LogP contribution in [-0.2, 0) is 9.47 Å². The lowest BCUT2D eigenvalue weighted by Crippen LogP contribution is -2.33. The van der Waals surface area contributed by atoms with Crippen LogP contribution in [0.25, 0.3) is 15.7 Å². The Morgan fingerprint density at radius 2 is 2.03 bits per heavy atom. The lowest BCUT2D eigenvalue weighted by molar-refractivity contribution is 0.0357. The Kier molecular flexibility index (Phi) is 8.01. The summed E-state index contributed by atoms with van der Waals surface area (Å²) in [4.78, 5) is 12.2. The average Bonchev–Trinajstić information content (AvgIpc) is 3.04. The van der Waals surface area contributed by atoms with E-state index >= 15 is 4.39 Å². The number of halogens is 2. The predicted octanol–water partition coefficient (Wildman–Crippen LogP) is 6.27. The van der Waals surface area contributed by atoms with Crippen LogP contribution in [0, 0.1) is 17.1 Å². The summed E-state index contributed by atoms with van der Waals surface area (Å²) < 4.78 is 40.6. The number of methoxy groups -OCH3 is 1. The number of nitriles is 1. The molecule has 0 aliphatic carbocycles. The predicted molar refractivity (Wildman–Crippen MR) is 128 cm³/mol. The van der Waals surface area contributed by atoms with Gasteiger partial charge in [0, 0.05) is 24.1 Å². The third kappa shape index (κ3) is 6.38. The van der Waals surface area contributed by atoms with Crippen molar-refractivity contribution < 1.29 is 23.0 Å². The van der Waals surface area contributed by atoms with Gasteiger partial charge < -0.3 is 15.2 Å². The average molecular weight is 478 g/mol. The molecule has 6 nitrogen and oxygen atoms in total. The summed E-state index contributed by atoms with van der Waals surface area (Å²) in [5.74, 6) is -1.30. The quantitative estimate of drug-likeness (QED) is 0.458. The zero-order chi connectivity index (χ0) is 25.1. The van der Waals surface area contributed by atoms with Crippen LogP contribution >= 0.6 is 11.3 Å². The van der Waals surface area contributed by atoms with Crippen molar-refractivity contribution in [1.82, 2.24) is 0 Å². The number of hydrogen-bond donors (Lipinski definition) is 2. The zero-order valence-corrected chi connectivity index (χ0v) is 20.5. The summed E-state index contributed by atoms with van der Waals surface area (Å²) >= 11 is 0.865. The molecule has 0 aliphatic rings. The number of thiophene rings is 1. The molecule has 0 saturated heterocycles. The number of fused-ring (bicyclic) bond motifs is 1. The van der Waals surface area contributed by atoms with Gasteiger partial charge in [-0.2, -0.15) is 5.26 Å². The van der Waals surface area contributed by atoms with Crippen molar-refractivity contribution in [3.8, 4) is 6.07 Å². The summed E-state index contributed by atoms with van der Waals surface area (Å²) in [6.07, 6.45) is 0.838. The molecule has 2 atom stereocenters. The lowest BCUT2D eigenvalue weighted by atomic mass is 9.93. The number of benzene rings is 1. The fraction of sp³-hybridized carbons (Fsp3) is 0.417. The second-order valence-corrected chi connectivity index (χ2v) is 10.0. The van der Waals surface area contributed by atoms with E-state index in [1.807, 2.05) is 6.07 Å². The highest BCUT2D eigenvalue weighted by Crippen LogP contribution is 2.42. The van der Waals surface area contributed by atoms with Crippen molar-refractivity contribution in [3.63, 3.8) is 0 Å². The van der Waals surface area contributed by atoms with Gasteiger partial charge in [-0.05, 0) is 58.7 Å². The molecule has 1 heterocycles. The van der Waals surface area contributed by atoms with Crippen LogP contribution in [0.5, 0.6) is 0 Å². The van der Waals surface area contributed by atoms with Gasteiger partial charge in [0.05, 0.1) is 15.9 Å². The Labute approximate surface area is 196 Å². The van der Waals surface area contributed by atoms with Crippen LogP contribution in [0.1, 0.15) is 52.2 Å². The van der Waals surface area contributed by atoms with E-state index < -0.39 is 28.9 Å². The van der Waals surface area contributed by atoms with E-state index in [2.05, 4.69) is 11.9 Å². The van der Waals surface area contributed by atoms with Crippen molar-refractivity contribution in [2.24, 2.45) is 5.73 Å². The Hall–Kier alpha value is -2.80. The maximum absolute atomic E-state index is 15.3. The van der Waals surface area contributed by atoms with E-state index in [0.717, 1.165) is 11.3 Å². The molecule has 0 aliphatic heterocycles. The van der Waals surface area contributed by atoms with E-state index in [9.17, 15) is 14.4 Å². The van der Waals surface area contributed by atoms with Gasteiger partial charge in [-0.1, -0.05) is 12.6 Å². The van der Waals surface area contributed by atoms with E-state index in [0.29, 0.717) is 6.42 Å². The Bertz CT molecular complexity index is 1140. The highest BCUT2D eigenvalue weighted by molar-refractivity contribution is 7.23. The monoisotopic (exact) mass is 477 g/mol. The van der Waals surface area contributed by atoms with Gasteiger partial charge >= 0.3 is 6.09 Å². The number of rotatable bonds is 7. The molecule has 9 heteroatoms. The molecule has 0 spiro atoms. The Morgan fingerprint density at radius 3 is 2.55 bits per heavy atom. The van der Waals surface area contributed by atoms with Crippen molar-refractivity contribution >= 4 is 38.1 Å². The van der Waals surface area contributed by atoms with Crippen LogP contribution in [0.2, 0.25) is 0 Å². The molecule has 1 amide bonds. The van der Waals surface area contributed by atoms with Gasteiger partial charge in [-0.25, -0.2) is 13.6 Å². The minimum absolute atomic E-state index is 0.00519. The van der Waals surface area contributed by atoms with Crippen molar-refractivity contribution in [3.05, 3.63) is 47.6 Å². The van der Waals surface area contributed by atoms with Gasteiger partial charge in [0.15, 0.2) is 0 Å². The van der Waals surface area contributed by atoms with Gasteiger partial charge in [-0.15, -0.1) is 11.3 Å². The number of nitrogens with one attached hydrogen (secondary N) is 1. The SMILES string of the molecule is C=C(/C(F)=C\C(C)(CC(C)N)OC)c1ccc(F)c2sc(NC(=O)OC(C)(C)C)c(C#N)c12. The van der Waals surface area contributed by atoms with Crippen molar-refractivity contribution in [2.45, 2.75) is 58.3 Å². The van der Waals surface area contributed by atoms with Gasteiger partial charge in [0.25, 0.3) is 0 Å². The van der Waals surface area contributed by atoms with Gasteiger partial charge in [-0.3, -0.25) is 5.32 Å². The first-order chi connectivity index (χ1) is 15.2. The smallest absolute Gasteiger partial charge is 0.412 e. The summed E-state index contributed by atoms with van der Waals surface area (Å²) in [7, 11) is 1.45. The fourth-order valence-electron chi connectivity index (χ4n) is 3.34. The second-order valence-electron chi connectivity index (χ2n) is 9.01. The molecule has 0 saturated carbocycles. The number of anilines is 1. The molecule has 178 valence electrons. The molecule has 3 N–H and O–H groups in total. The molecule has 0 bridgehead atoms. The summed E-state index contributed by atoms with van der Waals surface area (Å²) in [6.45, 7) is 12.4. The molecule has 2 rings (SSSR count). The van der Waals surface area contributed by atoms with E-state index in [-0.39, 0.29) is 37.8 Å². The number of nitrogens with zero attached hydrogens (tertiary/aromatic N) is 1. The lowest BCUT2D eigenvalue weighted by Gasteiger charge is -2.26. The summed E-state index contributed by atoms with van der Waals surface area (Å²) in [6, 6.07) is 4.26. The van der Waals surface area contributed by atoms with Crippen molar-refractivity contribution in [1.29, 1.82) is 5.26 Å². The zero-order valence-electron chi connectivity index (χ0n) is 19.6. The molecule has 2 aromatic rings. The molecule has 33 heavy (non-hydrogen) atoms. The van der Waals surface area contributed by atoms with Gasteiger partial charge in [0.1, 0.15) is 28.3 Å². The van der Waals surface area contributed by atoms with E-state index in [4.69, 9.17) is 15.2 Å². The highest BCUT2D eigenvalue weighted by Gasteiger charge is 2.27. The Balaban J connectivity index is 2.58. The molecule has 2 unspecified atom stereocenters. The van der Waals surface area contributed by atoms with Crippen LogP contribution in [0.3, 0.4) is 0 Å². The minimum atomic E-state index is -0.990. The number of ether oxygens (including phenoxy) is 2. The van der Waals surface area contributed by atoms with Crippen molar-refractivity contribution in [2.75, 3.05) is 12.4 Å². The maximum atomic E-state index is 15.3. The van der Waals surface area contributed by atoms with Crippen LogP contribution in [0.4, 0.5) is 18.6 Å². The number of hydrogen-bond acceptors (Lipinski definition) is 6. The third-order valence-electron chi connectivity index (χ3n) is 4.76. The number of allylic oxidation sites excluding steroid dienone is 2. The highest BCUT2D eigenvalue weighted by atomic mass is 32.1. The number of carbonyl (C=O) groups excluding carboxylic acids is 1. The second kappa shape index (κ2) is 10.00. The molecule has 1 aromatic heterocycles. The topological polar surface area (TPSA) is 97.4 Å². The molecule has 0 radical (unpaired) electrons. The minimum Gasteiger partial charge on any atom is -0.444 e. The first-order valence-electron chi connectivity index (χ1n) is 10.2. The van der Waals surface area contributed by atoms with E-state index in [1.54, 1.807) is 34.6 Å². The number of amides is 1. The molecule has 1 aromatic carbocycles. The van der Waals surface area contributed by atoms with Crippen LogP contribution < -0.4 is 11.1 Å². The molecule has 0 fully saturated rings. The Morgan fingerprint density at radius 1 is 1.39 bits per heavy atom. The maximum Gasteiger partial charge on any atom is 0.412 e.